The van der Waals surface area contributed by atoms with Crippen LogP contribution in [0, 0.1) is 11.3 Å². The van der Waals surface area contributed by atoms with E-state index in [1.54, 1.807) is 0 Å². The van der Waals surface area contributed by atoms with Crippen LogP contribution in [-0.2, 0) is 9.53 Å². The van der Waals surface area contributed by atoms with Gasteiger partial charge in [0.05, 0.1) is 24.6 Å². The average Bonchev–Trinajstić information content (AvgIpc) is 2.96. The monoisotopic (exact) mass is 180 g/mol. The van der Waals surface area contributed by atoms with Crippen molar-refractivity contribution >= 4 is 5.97 Å². The Hall–Kier alpha value is -0.930. The molecule has 4 nitrogen and oxygen atoms in total. The van der Waals surface area contributed by atoms with E-state index in [0.717, 1.165) is 12.8 Å². The van der Waals surface area contributed by atoms with Gasteiger partial charge in [0.25, 0.3) is 0 Å². The molecule has 0 aromatic heterocycles. The molecule has 0 unspecified atom stereocenters. The number of hydrogen-bond donors (Lipinski definition) is 0. The van der Waals surface area contributed by atoms with Crippen molar-refractivity contribution in [3.63, 3.8) is 0 Å². The van der Waals surface area contributed by atoms with E-state index in [9.17, 15) is 4.79 Å². The maximum absolute atomic E-state index is 11.4. The summed E-state index contributed by atoms with van der Waals surface area (Å²) < 4.78 is 4.76. The normalized spacial score (nSPS) is 47.5. The van der Waals surface area contributed by atoms with Crippen molar-refractivity contribution in [3.05, 3.63) is 0 Å². The molecule has 3 rings (SSSR count). The van der Waals surface area contributed by atoms with Crippen molar-refractivity contribution in [1.29, 1.82) is 0 Å². The molecule has 2 aliphatic carbocycles. The smallest absolute Gasteiger partial charge is 0.311 e. The predicted octanol–water partition coefficient (Wildman–Crippen LogP) is 1.16. The van der Waals surface area contributed by atoms with E-state index in [1.165, 1.54) is 7.11 Å². The summed E-state index contributed by atoms with van der Waals surface area (Å²) in [7, 11) is 1.44. The van der Waals surface area contributed by atoms with Crippen LogP contribution in [0.5, 0.6) is 0 Å². The summed E-state index contributed by atoms with van der Waals surface area (Å²) in [5.74, 6) is -0.130. The summed E-state index contributed by atoms with van der Waals surface area (Å²) in [5.41, 5.74) is 0.0244. The second-order valence-corrected chi connectivity index (χ2v) is 4.48. The highest BCUT2D eigenvalue weighted by Crippen LogP contribution is 2.74. The lowest BCUT2D eigenvalue weighted by atomic mass is 9.94. The zero-order chi connectivity index (χ0) is 9.27. The number of rotatable bonds is 1. The highest BCUT2D eigenvalue weighted by Gasteiger charge is 2.82. The highest BCUT2D eigenvalue weighted by atomic mass is 16.5. The largest absolute Gasteiger partial charge is 0.469 e. The standard InChI is InChI=1S/C9H12N2O2/c1-8-5(7(12)13-2)6(8)10-11-9(8)3-4-9/h5-6H,3-4H2,1-2H3/t5-,6+,8-/m0/s1. The molecule has 2 saturated carbocycles. The van der Waals surface area contributed by atoms with Gasteiger partial charge in [-0.25, -0.2) is 0 Å². The quantitative estimate of drug-likeness (QED) is 0.568. The third-order valence-corrected chi connectivity index (χ3v) is 4.02. The van der Waals surface area contributed by atoms with Crippen LogP contribution in [0.25, 0.3) is 0 Å². The average molecular weight is 180 g/mol. The van der Waals surface area contributed by atoms with E-state index in [0.29, 0.717) is 0 Å². The van der Waals surface area contributed by atoms with E-state index in [2.05, 4.69) is 17.2 Å². The topological polar surface area (TPSA) is 51.0 Å². The lowest BCUT2D eigenvalue weighted by Gasteiger charge is -2.14. The van der Waals surface area contributed by atoms with Crippen LogP contribution in [0.2, 0.25) is 0 Å². The lowest BCUT2D eigenvalue weighted by molar-refractivity contribution is -0.143. The molecule has 1 heterocycles. The summed E-state index contributed by atoms with van der Waals surface area (Å²) >= 11 is 0. The van der Waals surface area contributed by atoms with Gasteiger partial charge in [-0.15, -0.1) is 0 Å². The molecule has 70 valence electrons. The van der Waals surface area contributed by atoms with Gasteiger partial charge in [0, 0.05) is 5.41 Å². The van der Waals surface area contributed by atoms with E-state index < -0.39 is 0 Å². The second-order valence-electron chi connectivity index (χ2n) is 4.48. The molecule has 13 heavy (non-hydrogen) atoms. The summed E-state index contributed by atoms with van der Waals surface area (Å²) in [5, 5.41) is 8.44. The maximum Gasteiger partial charge on any atom is 0.311 e. The number of hydrogen-bond acceptors (Lipinski definition) is 4. The van der Waals surface area contributed by atoms with Crippen molar-refractivity contribution in [3.8, 4) is 0 Å². The summed E-state index contributed by atoms with van der Waals surface area (Å²) in [6.45, 7) is 2.12. The molecule has 0 amide bonds. The van der Waals surface area contributed by atoms with E-state index in [4.69, 9.17) is 4.74 Å². The van der Waals surface area contributed by atoms with Gasteiger partial charge in [0.15, 0.2) is 0 Å². The van der Waals surface area contributed by atoms with Crippen LogP contribution in [0.1, 0.15) is 19.8 Å². The zero-order valence-electron chi connectivity index (χ0n) is 7.78. The molecule has 1 aliphatic heterocycles. The number of carbonyl (C=O) groups is 1. The van der Waals surface area contributed by atoms with E-state index in [1.807, 2.05) is 0 Å². The van der Waals surface area contributed by atoms with E-state index >= 15 is 0 Å². The van der Waals surface area contributed by atoms with Crippen LogP contribution in [0.3, 0.4) is 0 Å². The lowest BCUT2D eigenvalue weighted by Crippen LogP contribution is -2.22. The number of fused-ring (bicyclic) bond motifs is 2. The van der Waals surface area contributed by atoms with Crippen molar-refractivity contribution < 1.29 is 9.53 Å². The molecule has 1 spiro atoms. The molecule has 0 aromatic carbocycles. The Kier molecular flexibility index (Phi) is 1.03. The minimum absolute atomic E-state index is 0.0000926. The Bertz CT molecular complexity index is 322. The van der Waals surface area contributed by atoms with Crippen LogP contribution >= 0.6 is 0 Å². The molecule has 3 atom stereocenters. The van der Waals surface area contributed by atoms with Gasteiger partial charge < -0.3 is 4.74 Å². The Labute approximate surface area is 76.4 Å². The molecule has 3 aliphatic rings. The van der Waals surface area contributed by atoms with Crippen LogP contribution in [0.4, 0.5) is 0 Å². The molecule has 0 N–H and O–H groups in total. The highest BCUT2D eigenvalue weighted by molar-refractivity contribution is 5.80. The molecule has 4 heteroatoms. The number of methoxy groups -OCH3 is 1. The Morgan fingerprint density at radius 3 is 2.77 bits per heavy atom. The van der Waals surface area contributed by atoms with Crippen molar-refractivity contribution in [2.45, 2.75) is 31.3 Å². The van der Waals surface area contributed by atoms with Gasteiger partial charge in [-0.3, -0.25) is 4.79 Å². The summed E-state index contributed by atoms with van der Waals surface area (Å²) in [6, 6.07) is 0.113. The molecule has 0 bridgehead atoms. The summed E-state index contributed by atoms with van der Waals surface area (Å²) in [6.07, 6.45) is 2.19. The molecule has 2 fully saturated rings. The number of esters is 1. The van der Waals surface area contributed by atoms with Gasteiger partial charge >= 0.3 is 5.97 Å². The Balaban J connectivity index is 1.92. The molecule has 0 radical (unpaired) electrons. The first kappa shape index (κ1) is 7.47. The fraction of sp³-hybridized carbons (Fsp3) is 0.889. The number of carbonyl (C=O) groups excluding carboxylic acids is 1. The van der Waals surface area contributed by atoms with Crippen molar-refractivity contribution in [1.82, 2.24) is 0 Å². The van der Waals surface area contributed by atoms with Gasteiger partial charge in [-0.2, -0.15) is 10.2 Å². The number of nitrogens with zero attached hydrogens (tertiary/aromatic N) is 2. The van der Waals surface area contributed by atoms with Gasteiger partial charge in [0.2, 0.25) is 0 Å². The number of azo groups is 1. The third-order valence-electron chi connectivity index (χ3n) is 4.02. The SMILES string of the molecule is COC(=O)[C@@H]1[C@H]2N=NC3(CC3)[C@]21C. The molecule has 0 aromatic rings. The maximum atomic E-state index is 11.4. The Morgan fingerprint density at radius 1 is 1.54 bits per heavy atom. The third kappa shape index (κ3) is 0.597. The van der Waals surface area contributed by atoms with Gasteiger partial charge in [-0.05, 0) is 12.8 Å². The summed E-state index contributed by atoms with van der Waals surface area (Å²) in [4.78, 5) is 11.4. The van der Waals surface area contributed by atoms with Crippen LogP contribution in [0.15, 0.2) is 10.2 Å². The Morgan fingerprint density at radius 2 is 2.23 bits per heavy atom. The minimum atomic E-state index is -0.113. The van der Waals surface area contributed by atoms with Gasteiger partial charge in [0.1, 0.15) is 0 Å². The zero-order valence-corrected chi connectivity index (χ0v) is 7.78. The fourth-order valence-corrected chi connectivity index (χ4v) is 2.78. The minimum Gasteiger partial charge on any atom is -0.469 e. The van der Waals surface area contributed by atoms with Crippen LogP contribution < -0.4 is 0 Å². The fourth-order valence-electron chi connectivity index (χ4n) is 2.78. The number of ether oxygens (including phenoxy) is 1. The molecule has 0 saturated heterocycles. The second kappa shape index (κ2) is 1.79. The molecular weight excluding hydrogens is 168 g/mol. The predicted molar refractivity (Wildman–Crippen MR) is 44.2 cm³/mol. The van der Waals surface area contributed by atoms with E-state index in [-0.39, 0.29) is 28.9 Å². The first-order valence-corrected chi connectivity index (χ1v) is 4.65. The molecular formula is C9H12N2O2. The first-order chi connectivity index (χ1) is 6.16. The van der Waals surface area contributed by atoms with Crippen molar-refractivity contribution in [2.75, 3.05) is 7.11 Å². The van der Waals surface area contributed by atoms with Crippen molar-refractivity contribution in [2.24, 2.45) is 21.6 Å². The van der Waals surface area contributed by atoms with Gasteiger partial charge in [-0.1, -0.05) is 6.92 Å². The first-order valence-electron chi connectivity index (χ1n) is 4.65. The van der Waals surface area contributed by atoms with Crippen LogP contribution in [-0.4, -0.2) is 24.7 Å².